The molecule has 0 unspecified atom stereocenters. The maximum absolute atomic E-state index is 6.61. The molecule has 0 bridgehead atoms. The first-order valence-corrected chi connectivity index (χ1v) is 9.94. The van der Waals surface area contributed by atoms with Crippen molar-refractivity contribution in [3.05, 3.63) is 71.8 Å². The first-order valence-electron chi connectivity index (χ1n) is 9.57. The maximum atomic E-state index is 6.61. The molecular formula is C25H27ClO2. The summed E-state index contributed by atoms with van der Waals surface area (Å²) in [6, 6.07) is 20.3. The van der Waals surface area contributed by atoms with Crippen molar-refractivity contribution in [2.24, 2.45) is 0 Å². The van der Waals surface area contributed by atoms with E-state index in [1.165, 1.54) is 0 Å². The molecule has 0 saturated carbocycles. The zero-order valence-electron chi connectivity index (χ0n) is 17.1. The van der Waals surface area contributed by atoms with Gasteiger partial charge in [-0.05, 0) is 92.9 Å². The molecule has 0 N–H and O–H groups in total. The van der Waals surface area contributed by atoms with Gasteiger partial charge < -0.3 is 9.47 Å². The summed E-state index contributed by atoms with van der Waals surface area (Å²) in [6.07, 6.45) is 2.11. The zero-order valence-corrected chi connectivity index (χ0v) is 17.9. The Kier molecular flexibility index (Phi) is 6.00. The molecule has 3 rings (SSSR count). The highest BCUT2D eigenvalue weighted by atomic mass is 35.5. The van der Waals surface area contributed by atoms with Crippen molar-refractivity contribution in [3.63, 3.8) is 0 Å². The van der Waals surface area contributed by atoms with E-state index in [1.807, 2.05) is 77.1 Å². The van der Waals surface area contributed by atoms with Gasteiger partial charge in [-0.3, -0.25) is 0 Å². The lowest BCUT2D eigenvalue weighted by Gasteiger charge is -2.21. The Balaban J connectivity index is 1.86. The van der Waals surface area contributed by atoms with E-state index in [-0.39, 0.29) is 11.7 Å². The highest BCUT2D eigenvalue weighted by molar-refractivity contribution is 6.51. The Morgan fingerprint density at radius 1 is 0.893 bits per heavy atom. The molecule has 3 aromatic carbocycles. The van der Waals surface area contributed by atoms with Crippen LogP contribution < -0.4 is 9.47 Å². The number of halogens is 1. The Labute approximate surface area is 172 Å². The van der Waals surface area contributed by atoms with Crippen molar-refractivity contribution in [2.75, 3.05) is 0 Å². The minimum absolute atomic E-state index is 0.141. The molecule has 0 aliphatic carbocycles. The topological polar surface area (TPSA) is 18.5 Å². The standard InChI is InChI=1S/C25H27ClO2/c1-17(2)27-22-8-6-7-18(13-22)14-24(26)21-10-9-20-16-23(28-25(3,4)5)12-11-19(20)15-21/h6-17H,1-5H3/b24-14-. The van der Waals surface area contributed by atoms with E-state index < -0.39 is 0 Å². The third kappa shape index (κ3) is 5.53. The summed E-state index contributed by atoms with van der Waals surface area (Å²) in [5.41, 5.74) is 1.78. The minimum atomic E-state index is -0.215. The van der Waals surface area contributed by atoms with Crippen LogP contribution >= 0.6 is 11.6 Å². The van der Waals surface area contributed by atoms with Gasteiger partial charge in [0.05, 0.1) is 6.10 Å². The second kappa shape index (κ2) is 8.28. The Morgan fingerprint density at radius 2 is 1.61 bits per heavy atom. The molecular weight excluding hydrogens is 368 g/mol. The van der Waals surface area contributed by atoms with Gasteiger partial charge in [-0.1, -0.05) is 41.9 Å². The van der Waals surface area contributed by atoms with Gasteiger partial charge in [0.1, 0.15) is 17.1 Å². The molecule has 0 atom stereocenters. The molecule has 3 heteroatoms. The van der Waals surface area contributed by atoms with Gasteiger partial charge >= 0.3 is 0 Å². The Hall–Kier alpha value is -2.45. The third-order valence-electron chi connectivity index (χ3n) is 4.03. The second-order valence-electron chi connectivity index (χ2n) is 8.17. The van der Waals surface area contributed by atoms with Crippen molar-refractivity contribution >= 4 is 33.5 Å². The first kappa shape index (κ1) is 20.3. The number of ether oxygens (including phenoxy) is 2. The Bertz CT molecular complexity index is 997. The quantitative estimate of drug-likeness (QED) is 0.416. The third-order valence-corrected chi connectivity index (χ3v) is 4.36. The summed E-state index contributed by atoms with van der Waals surface area (Å²) in [7, 11) is 0. The van der Waals surface area contributed by atoms with Crippen molar-refractivity contribution in [3.8, 4) is 11.5 Å². The highest BCUT2D eigenvalue weighted by Crippen LogP contribution is 2.29. The molecule has 0 heterocycles. The maximum Gasteiger partial charge on any atom is 0.120 e. The largest absolute Gasteiger partial charge is 0.491 e. The van der Waals surface area contributed by atoms with Crippen molar-refractivity contribution in [2.45, 2.75) is 46.3 Å². The number of hydrogen-bond acceptors (Lipinski definition) is 2. The normalized spacial score (nSPS) is 12.5. The van der Waals surface area contributed by atoms with Gasteiger partial charge in [-0.2, -0.15) is 0 Å². The fraction of sp³-hybridized carbons (Fsp3) is 0.280. The van der Waals surface area contributed by atoms with Crippen LogP contribution in [0.1, 0.15) is 45.7 Å². The smallest absolute Gasteiger partial charge is 0.120 e. The lowest BCUT2D eigenvalue weighted by atomic mass is 10.0. The number of hydrogen-bond donors (Lipinski definition) is 0. The summed E-state index contributed by atoms with van der Waals surface area (Å²) in [5, 5.41) is 2.95. The van der Waals surface area contributed by atoms with Crippen LogP contribution in [0.25, 0.3) is 21.9 Å². The van der Waals surface area contributed by atoms with Crippen LogP contribution in [-0.2, 0) is 0 Å². The summed E-state index contributed by atoms with van der Waals surface area (Å²) >= 11 is 6.61. The highest BCUT2D eigenvalue weighted by Gasteiger charge is 2.12. The lowest BCUT2D eigenvalue weighted by Crippen LogP contribution is -2.22. The molecule has 0 radical (unpaired) electrons. The number of rotatable bonds is 5. The van der Waals surface area contributed by atoms with Crippen LogP contribution in [-0.4, -0.2) is 11.7 Å². The van der Waals surface area contributed by atoms with E-state index in [2.05, 4.69) is 24.3 Å². The molecule has 0 fully saturated rings. The summed E-state index contributed by atoms with van der Waals surface area (Å²) in [5.74, 6) is 1.72. The average Bonchev–Trinajstić information content (AvgIpc) is 2.59. The van der Waals surface area contributed by atoms with Crippen LogP contribution in [0.15, 0.2) is 60.7 Å². The van der Waals surface area contributed by atoms with Crippen molar-refractivity contribution < 1.29 is 9.47 Å². The van der Waals surface area contributed by atoms with Gasteiger partial charge in [0.25, 0.3) is 0 Å². The molecule has 0 aromatic heterocycles. The van der Waals surface area contributed by atoms with E-state index in [9.17, 15) is 0 Å². The van der Waals surface area contributed by atoms with E-state index in [1.54, 1.807) is 0 Å². The van der Waals surface area contributed by atoms with Crippen LogP contribution in [0.2, 0.25) is 0 Å². The van der Waals surface area contributed by atoms with Crippen LogP contribution in [0.5, 0.6) is 11.5 Å². The van der Waals surface area contributed by atoms with E-state index in [4.69, 9.17) is 21.1 Å². The molecule has 0 aliphatic rings. The van der Waals surface area contributed by atoms with E-state index in [0.717, 1.165) is 33.4 Å². The van der Waals surface area contributed by atoms with E-state index >= 15 is 0 Å². The van der Waals surface area contributed by atoms with Gasteiger partial charge in [-0.15, -0.1) is 0 Å². The number of benzene rings is 3. The van der Waals surface area contributed by atoms with Gasteiger partial charge in [0, 0.05) is 5.03 Å². The predicted octanol–water partition coefficient (Wildman–Crippen LogP) is 7.54. The molecule has 0 saturated heterocycles. The predicted molar refractivity (Wildman–Crippen MR) is 120 cm³/mol. The lowest BCUT2D eigenvalue weighted by molar-refractivity contribution is 0.131. The first-order chi connectivity index (χ1) is 13.2. The van der Waals surface area contributed by atoms with Crippen molar-refractivity contribution in [1.29, 1.82) is 0 Å². The van der Waals surface area contributed by atoms with Crippen LogP contribution in [0, 0.1) is 0 Å². The van der Waals surface area contributed by atoms with Crippen molar-refractivity contribution in [1.82, 2.24) is 0 Å². The van der Waals surface area contributed by atoms with E-state index in [0.29, 0.717) is 5.03 Å². The van der Waals surface area contributed by atoms with Gasteiger partial charge in [-0.25, -0.2) is 0 Å². The summed E-state index contributed by atoms with van der Waals surface area (Å²) in [6.45, 7) is 10.2. The molecule has 28 heavy (non-hydrogen) atoms. The van der Waals surface area contributed by atoms with Gasteiger partial charge in [0.2, 0.25) is 0 Å². The molecule has 2 nitrogen and oxygen atoms in total. The summed E-state index contributed by atoms with van der Waals surface area (Å²) < 4.78 is 11.7. The fourth-order valence-electron chi connectivity index (χ4n) is 2.97. The second-order valence-corrected chi connectivity index (χ2v) is 8.58. The SMILES string of the molecule is CC(C)Oc1cccc(/C=C(\Cl)c2ccc3cc(OC(C)(C)C)ccc3c2)c1. The summed E-state index contributed by atoms with van der Waals surface area (Å²) in [4.78, 5) is 0. The Morgan fingerprint density at radius 3 is 2.32 bits per heavy atom. The molecule has 0 aliphatic heterocycles. The average molecular weight is 395 g/mol. The molecule has 146 valence electrons. The van der Waals surface area contributed by atoms with Crippen LogP contribution in [0.3, 0.4) is 0 Å². The molecule has 0 amide bonds. The molecule has 3 aromatic rings. The monoisotopic (exact) mass is 394 g/mol. The fourth-order valence-corrected chi connectivity index (χ4v) is 3.21. The zero-order chi connectivity index (χ0) is 20.3. The van der Waals surface area contributed by atoms with Crippen LogP contribution in [0.4, 0.5) is 0 Å². The van der Waals surface area contributed by atoms with Gasteiger partial charge in [0.15, 0.2) is 0 Å². The minimum Gasteiger partial charge on any atom is -0.491 e. The number of fused-ring (bicyclic) bond motifs is 1. The molecule has 0 spiro atoms.